The average Bonchev–Trinajstić information content (AvgIpc) is 2.25. The predicted molar refractivity (Wildman–Crippen MR) is 65.3 cm³/mol. The van der Waals surface area contributed by atoms with Crippen molar-refractivity contribution in [3.63, 3.8) is 0 Å². The molecule has 1 saturated heterocycles. The topological polar surface area (TPSA) is 95.9 Å². The first kappa shape index (κ1) is 15.4. The maximum absolute atomic E-state index is 12.0. The molecule has 1 rings (SSSR count). The Hall–Kier alpha value is -0.700. The Morgan fingerprint density at radius 1 is 1.33 bits per heavy atom. The van der Waals surface area contributed by atoms with Crippen molar-refractivity contribution in [1.82, 2.24) is 9.03 Å². The van der Waals surface area contributed by atoms with Crippen molar-refractivity contribution >= 4 is 16.2 Å². The Labute approximate surface area is 107 Å². The summed E-state index contributed by atoms with van der Waals surface area (Å²) in [7, 11) is -3.79. The van der Waals surface area contributed by atoms with E-state index in [0.717, 1.165) is 0 Å². The molecule has 0 aliphatic carbocycles. The highest BCUT2D eigenvalue weighted by molar-refractivity contribution is 7.87. The lowest BCUT2D eigenvalue weighted by molar-refractivity contribution is -0.141. The molecule has 0 unspecified atom stereocenters. The third kappa shape index (κ3) is 3.91. The number of nitrogens with zero attached hydrogens (tertiary/aromatic N) is 1. The molecule has 1 aliphatic heterocycles. The monoisotopic (exact) mass is 280 g/mol. The van der Waals surface area contributed by atoms with Gasteiger partial charge in [-0.1, -0.05) is 20.8 Å². The minimum atomic E-state index is -3.79. The van der Waals surface area contributed by atoms with Gasteiger partial charge in [-0.05, 0) is 5.41 Å². The van der Waals surface area contributed by atoms with E-state index in [0.29, 0.717) is 13.2 Å². The summed E-state index contributed by atoms with van der Waals surface area (Å²) in [5, 5.41) is 9.10. The molecular weight excluding hydrogens is 260 g/mol. The van der Waals surface area contributed by atoms with Gasteiger partial charge in [-0.25, -0.2) is 0 Å². The van der Waals surface area contributed by atoms with Crippen LogP contribution in [-0.4, -0.2) is 56.1 Å². The number of hydrogen-bond donors (Lipinski definition) is 2. The minimum absolute atomic E-state index is 0.242. The van der Waals surface area contributed by atoms with E-state index >= 15 is 0 Å². The van der Waals surface area contributed by atoms with Crippen LogP contribution in [0.3, 0.4) is 0 Å². The van der Waals surface area contributed by atoms with Crippen molar-refractivity contribution in [1.29, 1.82) is 0 Å². The molecule has 8 heteroatoms. The Morgan fingerprint density at radius 3 is 2.22 bits per heavy atom. The van der Waals surface area contributed by atoms with E-state index in [1.165, 1.54) is 4.31 Å². The second-order valence-corrected chi connectivity index (χ2v) is 6.97. The van der Waals surface area contributed by atoms with Crippen LogP contribution >= 0.6 is 0 Å². The van der Waals surface area contributed by atoms with E-state index in [1.54, 1.807) is 20.8 Å². The largest absolute Gasteiger partial charge is 0.480 e. The fraction of sp³-hybridized carbons (Fsp3) is 0.900. The van der Waals surface area contributed by atoms with Crippen molar-refractivity contribution in [2.24, 2.45) is 5.41 Å². The van der Waals surface area contributed by atoms with Crippen LogP contribution in [0.5, 0.6) is 0 Å². The van der Waals surface area contributed by atoms with Crippen LogP contribution in [0.25, 0.3) is 0 Å². The number of hydrogen-bond acceptors (Lipinski definition) is 4. The quantitative estimate of drug-likeness (QED) is 0.734. The molecule has 0 amide bonds. The van der Waals surface area contributed by atoms with Gasteiger partial charge in [-0.15, -0.1) is 0 Å². The first-order valence-corrected chi connectivity index (χ1v) is 7.16. The number of aliphatic carboxylic acids is 1. The molecule has 7 nitrogen and oxygen atoms in total. The lowest BCUT2D eigenvalue weighted by atomic mass is 9.88. The van der Waals surface area contributed by atoms with Crippen molar-refractivity contribution in [2.75, 3.05) is 26.3 Å². The molecule has 18 heavy (non-hydrogen) atoms. The van der Waals surface area contributed by atoms with Crippen molar-refractivity contribution < 1.29 is 23.1 Å². The fourth-order valence-electron chi connectivity index (χ4n) is 1.61. The summed E-state index contributed by atoms with van der Waals surface area (Å²) in [6.45, 7) is 6.16. The Balaban J connectivity index is 2.82. The first-order valence-electron chi connectivity index (χ1n) is 5.72. The molecule has 0 aromatic rings. The third-order valence-electron chi connectivity index (χ3n) is 2.69. The van der Waals surface area contributed by atoms with Gasteiger partial charge in [0.05, 0.1) is 13.2 Å². The summed E-state index contributed by atoms with van der Waals surface area (Å²) < 4.78 is 32.6. The number of ether oxygens (including phenoxy) is 1. The second-order valence-electron chi connectivity index (χ2n) is 5.27. The van der Waals surface area contributed by atoms with Crippen molar-refractivity contribution in [3.8, 4) is 0 Å². The lowest BCUT2D eigenvalue weighted by Gasteiger charge is -2.32. The van der Waals surface area contributed by atoms with Crippen LogP contribution in [0.2, 0.25) is 0 Å². The summed E-state index contributed by atoms with van der Waals surface area (Å²) in [6.07, 6.45) is 0. The molecule has 2 N–H and O–H groups in total. The summed E-state index contributed by atoms with van der Waals surface area (Å²) in [4.78, 5) is 11.1. The van der Waals surface area contributed by atoms with Gasteiger partial charge < -0.3 is 9.84 Å². The highest BCUT2D eigenvalue weighted by Crippen LogP contribution is 2.21. The van der Waals surface area contributed by atoms with Gasteiger partial charge in [0, 0.05) is 13.1 Å². The number of carbonyl (C=O) groups is 1. The van der Waals surface area contributed by atoms with Gasteiger partial charge in [0.1, 0.15) is 6.04 Å². The van der Waals surface area contributed by atoms with Gasteiger partial charge in [0.15, 0.2) is 0 Å². The summed E-state index contributed by atoms with van der Waals surface area (Å²) >= 11 is 0. The number of nitrogens with one attached hydrogen (secondary N) is 1. The maximum Gasteiger partial charge on any atom is 0.322 e. The number of rotatable bonds is 4. The molecule has 1 heterocycles. The van der Waals surface area contributed by atoms with Crippen LogP contribution in [0.1, 0.15) is 20.8 Å². The zero-order chi connectivity index (χ0) is 14.0. The molecule has 0 spiro atoms. The van der Waals surface area contributed by atoms with E-state index in [2.05, 4.69) is 4.72 Å². The fourth-order valence-corrected chi connectivity index (χ4v) is 3.14. The van der Waals surface area contributed by atoms with E-state index < -0.39 is 27.6 Å². The lowest BCUT2D eigenvalue weighted by Crippen LogP contribution is -2.55. The van der Waals surface area contributed by atoms with Gasteiger partial charge in [0.25, 0.3) is 10.2 Å². The average molecular weight is 280 g/mol. The standard InChI is InChI=1S/C10H20N2O5S/c1-10(2,3)8(9(13)14)11-18(15,16)12-4-6-17-7-5-12/h8,11H,4-7H2,1-3H3,(H,13,14)/t8-/m1/s1. The van der Waals surface area contributed by atoms with E-state index in [4.69, 9.17) is 9.84 Å². The SMILES string of the molecule is CC(C)(C)[C@H](NS(=O)(=O)N1CCOCC1)C(=O)O. The Morgan fingerprint density at radius 2 is 1.83 bits per heavy atom. The molecule has 106 valence electrons. The van der Waals surface area contributed by atoms with Crippen molar-refractivity contribution in [2.45, 2.75) is 26.8 Å². The van der Waals surface area contributed by atoms with Crippen LogP contribution in [0.4, 0.5) is 0 Å². The highest BCUT2D eigenvalue weighted by atomic mass is 32.2. The summed E-state index contributed by atoms with van der Waals surface area (Å²) in [6, 6.07) is -1.16. The first-order chi connectivity index (χ1) is 8.14. The second kappa shape index (κ2) is 5.52. The van der Waals surface area contributed by atoms with Crippen LogP contribution in [-0.2, 0) is 19.7 Å². The van der Waals surface area contributed by atoms with Crippen molar-refractivity contribution in [3.05, 3.63) is 0 Å². The minimum Gasteiger partial charge on any atom is -0.480 e. The summed E-state index contributed by atoms with van der Waals surface area (Å²) in [5.74, 6) is -1.18. The Kier molecular flexibility index (Phi) is 4.71. The smallest absolute Gasteiger partial charge is 0.322 e. The van der Waals surface area contributed by atoms with Gasteiger partial charge >= 0.3 is 5.97 Å². The van der Waals surface area contributed by atoms with E-state index in [9.17, 15) is 13.2 Å². The van der Waals surface area contributed by atoms with Crippen LogP contribution < -0.4 is 4.72 Å². The highest BCUT2D eigenvalue weighted by Gasteiger charge is 2.37. The molecule has 0 saturated carbocycles. The van der Waals surface area contributed by atoms with E-state index in [-0.39, 0.29) is 13.1 Å². The number of carboxylic acid groups (broad SMARTS) is 1. The summed E-state index contributed by atoms with van der Waals surface area (Å²) in [5.41, 5.74) is -0.703. The van der Waals surface area contributed by atoms with Crippen LogP contribution in [0, 0.1) is 5.41 Å². The maximum atomic E-state index is 12.0. The molecular formula is C10H20N2O5S. The molecule has 0 bridgehead atoms. The molecule has 1 aliphatic rings. The van der Waals surface area contributed by atoms with Gasteiger partial charge in [-0.3, -0.25) is 4.79 Å². The zero-order valence-corrected chi connectivity index (χ0v) is 11.7. The Bertz CT molecular complexity index is 395. The molecule has 0 radical (unpaired) electrons. The molecule has 1 fully saturated rings. The van der Waals surface area contributed by atoms with Gasteiger partial charge in [-0.2, -0.15) is 17.4 Å². The predicted octanol–water partition coefficient (Wildman–Crippen LogP) is -0.348. The van der Waals surface area contributed by atoms with Crippen LogP contribution in [0.15, 0.2) is 0 Å². The van der Waals surface area contributed by atoms with E-state index in [1.807, 2.05) is 0 Å². The normalized spacial score (nSPS) is 20.6. The molecule has 0 aromatic heterocycles. The van der Waals surface area contributed by atoms with Gasteiger partial charge in [0.2, 0.25) is 0 Å². The number of carboxylic acids is 1. The third-order valence-corrected chi connectivity index (χ3v) is 4.27. The molecule has 0 aromatic carbocycles. The zero-order valence-electron chi connectivity index (χ0n) is 10.8. The number of morpholine rings is 1. The molecule has 1 atom stereocenters.